The summed E-state index contributed by atoms with van der Waals surface area (Å²) in [5, 5.41) is 21.0. The molecule has 3 saturated carbocycles. The van der Waals surface area contributed by atoms with Gasteiger partial charge in [0.2, 0.25) is 0 Å². The van der Waals surface area contributed by atoms with Crippen molar-refractivity contribution in [2.45, 2.75) is 65.1 Å². The molecular formula is C15H26O2. The molecule has 2 heteroatoms. The van der Waals surface area contributed by atoms with Crippen LogP contribution in [0.1, 0.15) is 53.4 Å². The summed E-state index contributed by atoms with van der Waals surface area (Å²) >= 11 is 0. The average Bonchev–Trinajstić information content (AvgIpc) is 2.61. The van der Waals surface area contributed by atoms with Gasteiger partial charge in [-0.2, -0.15) is 0 Å². The number of rotatable bonds is 0. The molecule has 2 N–H and O–H groups in total. The normalized spacial score (nSPS) is 60.4. The van der Waals surface area contributed by atoms with E-state index in [2.05, 4.69) is 20.8 Å². The van der Waals surface area contributed by atoms with Crippen LogP contribution in [0.25, 0.3) is 0 Å². The average molecular weight is 238 g/mol. The first kappa shape index (κ1) is 12.0. The Kier molecular flexibility index (Phi) is 2.17. The highest BCUT2D eigenvalue weighted by Gasteiger charge is 2.70. The monoisotopic (exact) mass is 238 g/mol. The van der Waals surface area contributed by atoms with Gasteiger partial charge < -0.3 is 10.2 Å². The summed E-state index contributed by atoms with van der Waals surface area (Å²) in [5.74, 6) is 1.66. The van der Waals surface area contributed by atoms with Gasteiger partial charge in [-0.3, -0.25) is 0 Å². The third-order valence-electron chi connectivity index (χ3n) is 6.90. The molecule has 0 heterocycles. The molecule has 6 atom stereocenters. The quantitative estimate of drug-likeness (QED) is 0.681. The third kappa shape index (κ3) is 1.19. The summed E-state index contributed by atoms with van der Waals surface area (Å²) in [6.07, 6.45) is 3.98. The molecule has 3 aliphatic carbocycles. The van der Waals surface area contributed by atoms with Crippen molar-refractivity contribution < 1.29 is 10.2 Å². The molecule has 0 unspecified atom stereocenters. The molecule has 3 aliphatic rings. The Hall–Kier alpha value is -0.0800. The van der Waals surface area contributed by atoms with Gasteiger partial charge in [-0.25, -0.2) is 0 Å². The summed E-state index contributed by atoms with van der Waals surface area (Å²) in [5.41, 5.74) is -0.402. The molecule has 0 radical (unpaired) electrons. The molecule has 0 amide bonds. The molecule has 0 saturated heterocycles. The fourth-order valence-electron chi connectivity index (χ4n) is 5.86. The van der Waals surface area contributed by atoms with E-state index in [1.165, 1.54) is 12.8 Å². The lowest BCUT2D eigenvalue weighted by atomic mass is 9.63. The van der Waals surface area contributed by atoms with E-state index in [1.807, 2.05) is 6.92 Å². The van der Waals surface area contributed by atoms with Crippen LogP contribution in [0.3, 0.4) is 0 Å². The van der Waals surface area contributed by atoms with Gasteiger partial charge in [0.15, 0.2) is 0 Å². The first-order chi connectivity index (χ1) is 7.73. The number of aliphatic hydroxyl groups is 2. The Morgan fingerprint density at radius 2 is 1.65 bits per heavy atom. The van der Waals surface area contributed by atoms with Crippen LogP contribution < -0.4 is 0 Å². The smallest absolute Gasteiger partial charge is 0.0911 e. The van der Waals surface area contributed by atoms with Gasteiger partial charge in [0.05, 0.1) is 11.7 Å². The van der Waals surface area contributed by atoms with Crippen molar-refractivity contribution in [2.75, 3.05) is 0 Å². The molecule has 1 spiro atoms. The van der Waals surface area contributed by atoms with E-state index in [0.29, 0.717) is 17.3 Å². The summed E-state index contributed by atoms with van der Waals surface area (Å²) in [6, 6.07) is 0. The maximum Gasteiger partial charge on any atom is 0.0911 e. The minimum Gasteiger partial charge on any atom is -0.390 e. The second kappa shape index (κ2) is 3.08. The standard InChI is InChI=1S/C15H26O2/c1-9-5-6-10-13(2,3)11-7-15(9,10)8-12(16)14(11,4)17/h9-12,16-17H,5-8H2,1-4H3/t9-,10+,11-,12+,14+,15-/m1/s1. The van der Waals surface area contributed by atoms with E-state index in [0.717, 1.165) is 12.8 Å². The Balaban J connectivity index is 2.10. The highest BCUT2D eigenvalue weighted by Crippen LogP contribution is 2.73. The molecule has 3 rings (SSSR count). The molecule has 2 bridgehead atoms. The van der Waals surface area contributed by atoms with Crippen molar-refractivity contribution in [3.8, 4) is 0 Å². The molecule has 3 fully saturated rings. The van der Waals surface area contributed by atoms with Crippen molar-refractivity contribution in [3.05, 3.63) is 0 Å². The van der Waals surface area contributed by atoms with Crippen LogP contribution in [0.15, 0.2) is 0 Å². The van der Waals surface area contributed by atoms with Crippen LogP contribution in [0, 0.1) is 28.6 Å². The molecule has 0 aromatic rings. The molecular weight excluding hydrogens is 212 g/mol. The van der Waals surface area contributed by atoms with Gasteiger partial charge in [0, 0.05) is 0 Å². The summed E-state index contributed by atoms with van der Waals surface area (Å²) in [4.78, 5) is 0. The minimum atomic E-state index is -0.890. The van der Waals surface area contributed by atoms with Gasteiger partial charge in [0.1, 0.15) is 0 Å². The fraction of sp³-hybridized carbons (Fsp3) is 1.00. The Bertz CT molecular complexity index is 347. The van der Waals surface area contributed by atoms with Crippen molar-refractivity contribution >= 4 is 0 Å². The minimum absolute atomic E-state index is 0.172. The van der Waals surface area contributed by atoms with Crippen LogP contribution in [0.4, 0.5) is 0 Å². The Labute approximate surface area is 104 Å². The van der Waals surface area contributed by atoms with Crippen LogP contribution in [-0.2, 0) is 0 Å². The fourth-order valence-corrected chi connectivity index (χ4v) is 5.86. The summed E-state index contributed by atoms with van der Waals surface area (Å²) < 4.78 is 0. The number of fused-ring (bicyclic) bond motifs is 1. The van der Waals surface area contributed by atoms with E-state index >= 15 is 0 Å². The number of aliphatic hydroxyl groups excluding tert-OH is 1. The molecule has 17 heavy (non-hydrogen) atoms. The molecule has 2 nitrogen and oxygen atoms in total. The first-order valence-corrected chi connectivity index (χ1v) is 7.13. The predicted octanol–water partition coefficient (Wildman–Crippen LogP) is 2.58. The van der Waals surface area contributed by atoms with Crippen molar-refractivity contribution in [2.24, 2.45) is 28.6 Å². The van der Waals surface area contributed by atoms with Gasteiger partial charge in [-0.1, -0.05) is 20.8 Å². The molecule has 0 aliphatic heterocycles. The van der Waals surface area contributed by atoms with Crippen LogP contribution >= 0.6 is 0 Å². The van der Waals surface area contributed by atoms with E-state index in [1.54, 1.807) is 0 Å². The van der Waals surface area contributed by atoms with Gasteiger partial charge in [-0.05, 0) is 61.2 Å². The topological polar surface area (TPSA) is 40.5 Å². The van der Waals surface area contributed by atoms with E-state index < -0.39 is 11.7 Å². The highest BCUT2D eigenvalue weighted by molar-refractivity contribution is 5.19. The zero-order valence-corrected chi connectivity index (χ0v) is 11.5. The molecule has 0 aromatic heterocycles. The first-order valence-electron chi connectivity index (χ1n) is 7.13. The number of hydrogen-bond acceptors (Lipinski definition) is 2. The summed E-state index contributed by atoms with van der Waals surface area (Å²) in [7, 11) is 0. The number of hydrogen-bond donors (Lipinski definition) is 2. The zero-order valence-electron chi connectivity index (χ0n) is 11.5. The lowest BCUT2D eigenvalue weighted by molar-refractivity contribution is -0.153. The maximum absolute atomic E-state index is 10.7. The van der Waals surface area contributed by atoms with Gasteiger partial charge >= 0.3 is 0 Å². The molecule has 0 aromatic carbocycles. The predicted molar refractivity (Wildman–Crippen MR) is 67.5 cm³/mol. The van der Waals surface area contributed by atoms with Crippen LogP contribution in [0.2, 0.25) is 0 Å². The lowest BCUT2D eigenvalue weighted by Crippen LogP contribution is -2.53. The van der Waals surface area contributed by atoms with Crippen molar-refractivity contribution in [1.82, 2.24) is 0 Å². The highest BCUT2D eigenvalue weighted by atomic mass is 16.3. The SMILES string of the molecule is C[C@@H]1CC[C@H]2C(C)(C)[C@H]3C[C@@]12C[C@H](O)[C@@]3(C)O. The lowest BCUT2D eigenvalue weighted by Gasteiger charge is -2.47. The maximum atomic E-state index is 10.7. The Morgan fingerprint density at radius 3 is 2.29 bits per heavy atom. The summed E-state index contributed by atoms with van der Waals surface area (Å²) in [6.45, 7) is 8.83. The zero-order chi connectivity index (χ0) is 12.6. The second-order valence-corrected chi connectivity index (χ2v) is 7.79. The van der Waals surface area contributed by atoms with E-state index in [9.17, 15) is 10.2 Å². The van der Waals surface area contributed by atoms with E-state index in [4.69, 9.17) is 0 Å². The second-order valence-electron chi connectivity index (χ2n) is 7.79. The largest absolute Gasteiger partial charge is 0.390 e. The van der Waals surface area contributed by atoms with Crippen molar-refractivity contribution in [1.29, 1.82) is 0 Å². The Morgan fingerprint density at radius 1 is 1.00 bits per heavy atom. The third-order valence-corrected chi connectivity index (χ3v) is 6.90. The van der Waals surface area contributed by atoms with Gasteiger partial charge in [-0.15, -0.1) is 0 Å². The van der Waals surface area contributed by atoms with Crippen LogP contribution in [-0.4, -0.2) is 21.9 Å². The molecule has 98 valence electrons. The van der Waals surface area contributed by atoms with Crippen molar-refractivity contribution in [3.63, 3.8) is 0 Å². The van der Waals surface area contributed by atoms with Crippen LogP contribution in [0.5, 0.6) is 0 Å². The van der Waals surface area contributed by atoms with Gasteiger partial charge in [0.25, 0.3) is 0 Å². The van der Waals surface area contributed by atoms with E-state index in [-0.39, 0.29) is 11.3 Å².